The van der Waals surface area contributed by atoms with E-state index in [-0.39, 0.29) is 11.7 Å². The number of likely N-dealkylation sites (N-methyl/N-ethyl adjacent to an activating group) is 1. The molecule has 1 aromatic rings. The maximum Gasteiger partial charge on any atom is 0.410 e. The first kappa shape index (κ1) is 16.6. The van der Waals surface area contributed by atoms with Crippen molar-refractivity contribution in [2.45, 2.75) is 51.2 Å². The number of nitrogens with zero attached hydrogens (tertiary/aromatic N) is 3. The molecule has 128 valence electrons. The number of likely N-dealkylation sites (tertiary alicyclic amines) is 1. The number of ether oxygens (including phenoxy) is 1. The van der Waals surface area contributed by atoms with E-state index in [4.69, 9.17) is 16.3 Å². The third-order valence-electron chi connectivity index (χ3n) is 4.69. The summed E-state index contributed by atoms with van der Waals surface area (Å²) in [7, 11) is 1.79. The van der Waals surface area contributed by atoms with Crippen molar-refractivity contribution in [3.63, 3.8) is 0 Å². The van der Waals surface area contributed by atoms with Gasteiger partial charge in [0, 0.05) is 26.6 Å². The molecule has 1 atom stereocenters. The molecule has 1 amide bonds. The number of H-pyrrole nitrogens is 1. The van der Waals surface area contributed by atoms with E-state index in [9.17, 15) is 4.79 Å². The summed E-state index contributed by atoms with van der Waals surface area (Å²) >= 11 is 6.28. The molecule has 0 aliphatic carbocycles. The number of rotatable bonds is 5. The van der Waals surface area contributed by atoms with Crippen molar-refractivity contribution in [3.05, 3.63) is 16.7 Å². The fraction of sp³-hybridized carbons (Fsp3) is 0.750. The standard InChI is InChI=1S/C16H25ClN4O2/c1-3-4-6-13-18-12(14(17)19-13)9-21-8-5-7-16(11-21)10-20(2)15(22)23-16/h3-11H2,1-2H3,(H,18,19)/t16-/m0/s1. The van der Waals surface area contributed by atoms with Crippen LogP contribution < -0.4 is 0 Å². The number of halogens is 1. The van der Waals surface area contributed by atoms with E-state index in [0.717, 1.165) is 63.3 Å². The summed E-state index contributed by atoms with van der Waals surface area (Å²) in [6, 6.07) is 0. The summed E-state index contributed by atoms with van der Waals surface area (Å²) in [6.45, 7) is 5.30. The molecule has 0 radical (unpaired) electrons. The quantitative estimate of drug-likeness (QED) is 0.895. The average molecular weight is 341 g/mol. The van der Waals surface area contributed by atoms with Gasteiger partial charge in [-0.2, -0.15) is 0 Å². The van der Waals surface area contributed by atoms with Crippen molar-refractivity contribution in [1.82, 2.24) is 19.8 Å². The van der Waals surface area contributed by atoms with Crippen molar-refractivity contribution < 1.29 is 9.53 Å². The smallest absolute Gasteiger partial charge is 0.410 e. The number of carbonyl (C=O) groups is 1. The van der Waals surface area contributed by atoms with Gasteiger partial charge in [-0.05, 0) is 25.8 Å². The van der Waals surface area contributed by atoms with Crippen molar-refractivity contribution in [2.24, 2.45) is 0 Å². The molecule has 0 unspecified atom stereocenters. The Bertz CT molecular complexity index is 576. The van der Waals surface area contributed by atoms with Crippen LogP contribution in [0.3, 0.4) is 0 Å². The summed E-state index contributed by atoms with van der Waals surface area (Å²) in [5, 5.41) is 0.566. The molecule has 2 aliphatic heterocycles. The number of aromatic nitrogens is 2. The highest BCUT2D eigenvalue weighted by Crippen LogP contribution is 2.32. The minimum atomic E-state index is -0.360. The second kappa shape index (κ2) is 6.69. The molecule has 2 fully saturated rings. The van der Waals surface area contributed by atoms with Crippen molar-refractivity contribution in [1.29, 1.82) is 0 Å². The minimum absolute atomic E-state index is 0.215. The zero-order chi connectivity index (χ0) is 16.4. The van der Waals surface area contributed by atoms with Crippen LogP contribution in [-0.4, -0.2) is 58.1 Å². The fourth-order valence-electron chi connectivity index (χ4n) is 3.56. The molecule has 0 aromatic carbocycles. The van der Waals surface area contributed by atoms with E-state index in [1.54, 1.807) is 11.9 Å². The van der Waals surface area contributed by atoms with E-state index < -0.39 is 0 Å². The summed E-state index contributed by atoms with van der Waals surface area (Å²) in [6.07, 6.45) is 4.92. The molecule has 3 heterocycles. The molecular weight excluding hydrogens is 316 g/mol. The molecule has 1 aromatic heterocycles. The number of piperidine rings is 1. The van der Waals surface area contributed by atoms with Gasteiger partial charge in [0.25, 0.3) is 0 Å². The first-order valence-corrected chi connectivity index (χ1v) is 8.79. The number of imidazole rings is 1. The maximum absolute atomic E-state index is 11.7. The number of hydrogen-bond donors (Lipinski definition) is 1. The lowest BCUT2D eigenvalue weighted by atomic mass is 9.93. The molecule has 6 nitrogen and oxygen atoms in total. The van der Waals surface area contributed by atoms with Gasteiger partial charge in [-0.3, -0.25) is 4.90 Å². The maximum atomic E-state index is 11.7. The van der Waals surface area contributed by atoms with Crippen LogP contribution in [0.1, 0.15) is 44.1 Å². The lowest BCUT2D eigenvalue weighted by molar-refractivity contribution is -0.0116. The van der Waals surface area contributed by atoms with Gasteiger partial charge >= 0.3 is 6.09 Å². The average Bonchev–Trinajstić information content (AvgIpc) is 2.97. The van der Waals surface area contributed by atoms with Crippen molar-refractivity contribution in [3.8, 4) is 0 Å². The van der Waals surface area contributed by atoms with Gasteiger partial charge in [0.2, 0.25) is 0 Å². The number of aryl methyl sites for hydroxylation is 1. The zero-order valence-corrected chi connectivity index (χ0v) is 14.7. The molecule has 0 bridgehead atoms. The minimum Gasteiger partial charge on any atom is -0.440 e. The summed E-state index contributed by atoms with van der Waals surface area (Å²) in [5.74, 6) is 0.964. The Hall–Kier alpha value is -1.27. The van der Waals surface area contributed by atoms with Gasteiger partial charge < -0.3 is 14.6 Å². The van der Waals surface area contributed by atoms with Crippen LogP contribution in [0, 0.1) is 0 Å². The molecule has 2 saturated heterocycles. The predicted molar refractivity (Wildman–Crippen MR) is 88.6 cm³/mol. The van der Waals surface area contributed by atoms with Gasteiger partial charge in [-0.15, -0.1) is 0 Å². The molecule has 7 heteroatoms. The zero-order valence-electron chi connectivity index (χ0n) is 13.9. The van der Waals surface area contributed by atoms with E-state index in [1.165, 1.54) is 0 Å². The Morgan fingerprint density at radius 3 is 2.96 bits per heavy atom. The Labute approximate surface area is 142 Å². The predicted octanol–water partition coefficient (Wildman–Crippen LogP) is 2.82. The van der Waals surface area contributed by atoms with E-state index in [1.807, 2.05) is 0 Å². The van der Waals surface area contributed by atoms with E-state index >= 15 is 0 Å². The molecule has 3 rings (SSSR count). The number of unbranched alkanes of at least 4 members (excludes halogenated alkanes) is 1. The van der Waals surface area contributed by atoms with Crippen LogP contribution in [0.5, 0.6) is 0 Å². The third-order valence-corrected chi connectivity index (χ3v) is 5.00. The lowest BCUT2D eigenvalue weighted by Crippen LogP contribution is -2.50. The highest BCUT2D eigenvalue weighted by Gasteiger charge is 2.46. The molecule has 23 heavy (non-hydrogen) atoms. The summed E-state index contributed by atoms with van der Waals surface area (Å²) in [5.41, 5.74) is 0.606. The van der Waals surface area contributed by atoms with Crippen LogP contribution in [0.25, 0.3) is 0 Å². The number of nitrogens with one attached hydrogen (secondary N) is 1. The second-order valence-electron chi connectivity index (χ2n) is 6.78. The van der Waals surface area contributed by atoms with Gasteiger partial charge in [0.1, 0.15) is 11.4 Å². The van der Waals surface area contributed by atoms with Crippen molar-refractivity contribution >= 4 is 17.7 Å². The van der Waals surface area contributed by atoms with Crippen LogP contribution >= 0.6 is 11.6 Å². The Morgan fingerprint density at radius 1 is 1.43 bits per heavy atom. The Balaban J connectivity index is 1.64. The SMILES string of the molecule is CCCCc1nc(Cl)c(CN2CCC[C@@]3(C2)CN(C)C(=O)O3)[nH]1. The normalized spacial score (nSPS) is 25.3. The van der Waals surface area contributed by atoms with E-state index in [0.29, 0.717) is 11.7 Å². The molecular formula is C16H25ClN4O2. The highest BCUT2D eigenvalue weighted by atomic mass is 35.5. The van der Waals surface area contributed by atoms with Crippen LogP contribution in [-0.2, 0) is 17.7 Å². The lowest BCUT2D eigenvalue weighted by Gasteiger charge is -2.38. The topological polar surface area (TPSA) is 61.5 Å². The number of hydrogen-bond acceptors (Lipinski definition) is 4. The molecule has 1 N–H and O–H groups in total. The summed E-state index contributed by atoms with van der Waals surface area (Å²) < 4.78 is 5.65. The Kier molecular flexibility index (Phi) is 4.82. The van der Waals surface area contributed by atoms with Crippen molar-refractivity contribution in [2.75, 3.05) is 26.7 Å². The summed E-state index contributed by atoms with van der Waals surface area (Å²) in [4.78, 5) is 23.5. The number of carbonyl (C=O) groups excluding carboxylic acids is 1. The van der Waals surface area contributed by atoms with Crippen LogP contribution in [0.4, 0.5) is 4.79 Å². The molecule has 0 saturated carbocycles. The van der Waals surface area contributed by atoms with Gasteiger partial charge in [-0.1, -0.05) is 24.9 Å². The third kappa shape index (κ3) is 3.63. The largest absolute Gasteiger partial charge is 0.440 e. The first-order valence-electron chi connectivity index (χ1n) is 8.41. The van der Waals surface area contributed by atoms with Gasteiger partial charge in [0.05, 0.1) is 12.2 Å². The second-order valence-corrected chi connectivity index (χ2v) is 7.14. The molecule has 2 aliphatic rings. The van der Waals surface area contributed by atoms with E-state index in [2.05, 4.69) is 21.8 Å². The fourth-order valence-corrected chi connectivity index (χ4v) is 3.77. The number of amides is 1. The first-order chi connectivity index (χ1) is 11.0. The monoisotopic (exact) mass is 340 g/mol. The highest BCUT2D eigenvalue weighted by molar-refractivity contribution is 6.30. The van der Waals surface area contributed by atoms with Gasteiger partial charge in [0.15, 0.2) is 5.15 Å². The number of aromatic amines is 1. The van der Waals surface area contributed by atoms with Crippen LogP contribution in [0.15, 0.2) is 0 Å². The Morgan fingerprint density at radius 2 is 2.26 bits per heavy atom. The molecule has 1 spiro atoms. The van der Waals surface area contributed by atoms with Gasteiger partial charge in [-0.25, -0.2) is 9.78 Å². The van der Waals surface area contributed by atoms with Crippen LogP contribution in [0.2, 0.25) is 5.15 Å².